The maximum Gasteiger partial charge on any atom is 0.325 e. The first kappa shape index (κ1) is 17.1. The van der Waals surface area contributed by atoms with Crippen LogP contribution < -0.4 is 5.32 Å². The lowest BCUT2D eigenvalue weighted by atomic mass is 9.88. The van der Waals surface area contributed by atoms with Crippen LogP contribution in [0.15, 0.2) is 28.8 Å². The quantitative estimate of drug-likeness (QED) is 0.866. The van der Waals surface area contributed by atoms with Gasteiger partial charge in [-0.2, -0.15) is 4.98 Å². The van der Waals surface area contributed by atoms with Crippen LogP contribution in [0, 0.1) is 6.92 Å². The highest BCUT2D eigenvalue weighted by atomic mass is 16.5. The molecule has 7 nitrogen and oxygen atoms in total. The van der Waals surface area contributed by atoms with Crippen molar-refractivity contribution in [2.24, 2.45) is 0 Å². The van der Waals surface area contributed by atoms with Crippen LogP contribution in [0.2, 0.25) is 0 Å². The number of aryl methyl sites for hydroxylation is 1. The SMILES string of the molecule is Cc1ccccc1C1(C)NC(=O)N(Cc2nc(C(C)(C)C)no2)C1=O. The Hall–Kier alpha value is -2.70. The summed E-state index contributed by atoms with van der Waals surface area (Å²) >= 11 is 0. The lowest BCUT2D eigenvalue weighted by Gasteiger charge is -2.23. The zero-order valence-electron chi connectivity index (χ0n) is 15.1. The highest BCUT2D eigenvalue weighted by molar-refractivity contribution is 6.07. The number of amides is 3. The molecule has 2 heterocycles. The number of hydrogen-bond acceptors (Lipinski definition) is 5. The molecule has 1 aromatic carbocycles. The summed E-state index contributed by atoms with van der Waals surface area (Å²) in [6, 6.07) is 7.04. The summed E-state index contributed by atoms with van der Waals surface area (Å²) in [5.74, 6) is 0.445. The van der Waals surface area contributed by atoms with E-state index >= 15 is 0 Å². The molecule has 132 valence electrons. The summed E-state index contributed by atoms with van der Waals surface area (Å²) in [7, 11) is 0. The topological polar surface area (TPSA) is 88.3 Å². The van der Waals surface area contributed by atoms with Crippen LogP contribution in [0.3, 0.4) is 0 Å². The molecule has 1 saturated heterocycles. The van der Waals surface area contributed by atoms with Gasteiger partial charge in [0.1, 0.15) is 12.1 Å². The first-order valence-electron chi connectivity index (χ1n) is 8.16. The van der Waals surface area contributed by atoms with Gasteiger partial charge >= 0.3 is 6.03 Å². The average molecular weight is 342 g/mol. The third kappa shape index (κ3) is 2.90. The summed E-state index contributed by atoms with van der Waals surface area (Å²) in [6.45, 7) is 9.47. The van der Waals surface area contributed by atoms with Crippen molar-refractivity contribution in [2.45, 2.75) is 52.1 Å². The van der Waals surface area contributed by atoms with E-state index in [1.165, 1.54) is 0 Å². The Morgan fingerprint density at radius 1 is 1.24 bits per heavy atom. The fourth-order valence-electron chi connectivity index (χ4n) is 2.92. The Balaban J connectivity index is 1.87. The largest absolute Gasteiger partial charge is 0.337 e. The van der Waals surface area contributed by atoms with E-state index in [2.05, 4.69) is 15.5 Å². The highest BCUT2D eigenvalue weighted by Gasteiger charge is 2.50. The average Bonchev–Trinajstić information content (AvgIpc) is 3.08. The zero-order chi connectivity index (χ0) is 18.4. The number of carbonyl (C=O) groups excluding carboxylic acids is 2. The van der Waals surface area contributed by atoms with Crippen LogP contribution in [-0.2, 0) is 22.3 Å². The van der Waals surface area contributed by atoms with Gasteiger partial charge in [0.05, 0.1) is 0 Å². The minimum atomic E-state index is -1.10. The molecule has 0 spiro atoms. The van der Waals surface area contributed by atoms with Crippen molar-refractivity contribution >= 4 is 11.9 Å². The smallest absolute Gasteiger partial charge is 0.325 e. The monoisotopic (exact) mass is 342 g/mol. The fourth-order valence-corrected chi connectivity index (χ4v) is 2.92. The molecule has 1 unspecified atom stereocenters. The van der Waals surface area contributed by atoms with Gasteiger partial charge in [0.15, 0.2) is 5.82 Å². The van der Waals surface area contributed by atoms with E-state index in [0.29, 0.717) is 5.82 Å². The van der Waals surface area contributed by atoms with Crippen molar-refractivity contribution in [3.63, 3.8) is 0 Å². The lowest BCUT2D eigenvalue weighted by Crippen LogP contribution is -2.41. The first-order valence-corrected chi connectivity index (χ1v) is 8.16. The van der Waals surface area contributed by atoms with Crippen molar-refractivity contribution in [1.29, 1.82) is 0 Å². The molecule has 0 saturated carbocycles. The number of carbonyl (C=O) groups is 2. The second-order valence-corrected chi connectivity index (χ2v) is 7.52. The van der Waals surface area contributed by atoms with E-state index in [0.717, 1.165) is 16.0 Å². The van der Waals surface area contributed by atoms with Crippen molar-refractivity contribution < 1.29 is 14.1 Å². The Labute approximate surface area is 146 Å². The summed E-state index contributed by atoms with van der Waals surface area (Å²) < 4.78 is 5.21. The number of nitrogens with zero attached hydrogens (tertiary/aromatic N) is 3. The van der Waals surface area contributed by atoms with Crippen molar-refractivity contribution in [2.75, 3.05) is 0 Å². The second-order valence-electron chi connectivity index (χ2n) is 7.52. The number of imide groups is 1. The molecule has 1 N–H and O–H groups in total. The molecule has 3 rings (SSSR count). The van der Waals surface area contributed by atoms with Crippen molar-refractivity contribution in [1.82, 2.24) is 20.4 Å². The third-order valence-corrected chi connectivity index (χ3v) is 4.39. The molecule has 0 bridgehead atoms. The highest BCUT2D eigenvalue weighted by Crippen LogP contribution is 2.31. The molecular weight excluding hydrogens is 320 g/mol. The van der Waals surface area contributed by atoms with Gasteiger partial charge in [-0.1, -0.05) is 50.2 Å². The zero-order valence-corrected chi connectivity index (χ0v) is 15.1. The number of hydrogen-bond donors (Lipinski definition) is 1. The van der Waals surface area contributed by atoms with Crippen molar-refractivity contribution in [3.8, 4) is 0 Å². The standard InChI is InChI=1S/C18H22N4O3/c1-11-8-6-7-9-12(11)18(5)15(23)22(16(24)20-18)10-13-19-14(21-25-13)17(2,3)4/h6-9H,10H2,1-5H3,(H,20,24). The van der Waals surface area contributed by atoms with E-state index in [-0.39, 0.29) is 23.8 Å². The molecule has 1 aliphatic heterocycles. The van der Waals surface area contributed by atoms with Gasteiger partial charge in [-0.05, 0) is 25.0 Å². The molecule has 1 fully saturated rings. The molecule has 7 heteroatoms. The van der Waals surface area contributed by atoms with Gasteiger partial charge < -0.3 is 9.84 Å². The lowest BCUT2D eigenvalue weighted by molar-refractivity contribution is -0.131. The predicted molar refractivity (Wildman–Crippen MR) is 90.6 cm³/mol. The summed E-state index contributed by atoms with van der Waals surface area (Å²) in [4.78, 5) is 30.8. The van der Waals surface area contributed by atoms with Gasteiger partial charge in [0.25, 0.3) is 5.91 Å². The predicted octanol–water partition coefficient (Wildman–Crippen LogP) is 2.64. The Morgan fingerprint density at radius 3 is 2.52 bits per heavy atom. The Kier molecular flexibility index (Phi) is 3.89. The molecule has 1 aromatic heterocycles. The minimum Gasteiger partial charge on any atom is -0.337 e. The van der Waals surface area contributed by atoms with Crippen LogP contribution in [0.5, 0.6) is 0 Å². The number of rotatable bonds is 3. The summed E-state index contributed by atoms with van der Waals surface area (Å²) in [5, 5.41) is 6.72. The molecular formula is C18H22N4O3. The van der Waals surface area contributed by atoms with E-state index in [4.69, 9.17) is 4.52 Å². The normalized spacial score (nSPS) is 20.9. The fraction of sp³-hybridized carbons (Fsp3) is 0.444. The van der Waals surface area contributed by atoms with Crippen LogP contribution in [0.4, 0.5) is 4.79 Å². The van der Waals surface area contributed by atoms with Crippen LogP contribution >= 0.6 is 0 Å². The number of aromatic nitrogens is 2. The second kappa shape index (κ2) is 5.68. The van der Waals surface area contributed by atoms with Crippen LogP contribution in [0.1, 0.15) is 50.5 Å². The Morgan fingerprint density at radius 2 is 1.92 bits per heavy atom. The first-order chi connectivity index (χ1) is 11.6. The molecule has 0 radical (unpaired) electrons. The molecule has 1 atom stereocenters. The Bertz CT molecular complexity index is 837. The summed E-state index contributed by atoms with van der Waals surface area (Å²) in [6.07, 6.45) is 0. The van der Waals surface area contributed by atoms with E-state index in [9.17, 15) is 9.59 Å². The van der Waals surface area contributed by atoms with Crippen LogP contribution in [-0.4, -0.2) is 27.0 Å². The van der Waals surface area contributed by atoms with E-state index in [1.54, 1.807) is 6.92 Å². The minimum absolute atomic E-state index is 0.0464. The molecule has 0 aliphatic carbocycles. The molecule has 2 aromatic rings. The number of benzene rings is 1. The number of urea groups is 1. The van der Waals surface area contributed by atoms with Gasteiger partial charge in [0.2, 0.25) is 5.89 Å². The van der Waals surface area contributed by atoms with Gasteiger partial charge in [-0.3, -0.25) is 9.69 Å². The molecule has 1 aliphatic rings. The van der Waals surface area contributed by atoms with Crippen LogP contribution in [0.25, 0.3) is 0 Å². The van der Waals surface area contributed by atoms with Gasteiger partial charge in [-0.15, -0.1) is 0 Å². The molecule has 3 amide bonds. The summed E-state index contributed by atoms with van der Waals surface area (Å²) in [5.41, 5.74) is 0.342. The molecule has 25 heavy (non-hydrogen) atoms. The maximum atomic E-state index is 13.0. The van der Waals surface area contributed by atoms with E-state index in [1.807, 2.05) is 52.0 Å². The van der Waals surface area contributed by atoms with E-state index < -0.39 is 11.6 Å². The van der Waals surface area contributed by atoms with Gasteiger partial charge in [-0.25, -0.2) is 4.79 Å². The maximum absolute atomic E-state index is 13.0. The number of nitrogens with one attached hydrogen (secondary N) is 1. The van der Waals surface area contributed by atoms with Gasteiger partial charge in [0, 0.05) is 5.41 Å². The third-order valence-electron chi connectivity index (χ3n) is 4.39. The van der Waals surface area contributed by atoms with Crippen molar-refractivity contribution in [3.05, 3.63) is 47.1 Å².